The van der Waals surface area contributed by atoms with Crippen LogP contribution in [0.15, 0.2) is 41.3 Å². The molecule has 0 amide bonds. The SMILES string of the molecule is Cc1ccc(NS(=O)(=O)c2ccc3c(c2)CCC3)cc1F. The van der Waals surface area contributed by atoms with Gasteiger partial charge in [0.15, 0.2) is 0 Å². The number of anilines is 1. The number of aryl methyl sites for hydroxylation is 3. The first kappa shape index (κ1) is 14.1. The van der Waals surface area contributed by atoms with E-state index in [1.807, 2.05) is 6.07 Å². The van der Waals surface area contributed by atoms with Gasteiger partial charge in [-0.25, -0.2) is 12.8 Å². The Bertz CT molecular complexity index is 800. The Kier molecular flexibility index (Phi) is 3.45. The highest BCUT2D eigenvalue weighted by atomic mass is 32.2. The van der Waals surface area contributed by atoms with Gasteiger partial charge in [-0.2, -0.15) is 0 Å². The summed E-state index contributed by atoms with van der Waals surface area (Å²) in [4.78, 5) is 0.226. The summed E-state index contributed by atoms with van der Waals surface area (Å²) in [6.45, 7) is 1.63. The molecule has 3 nitrogen and oxygen atoms in total. The average Bonchev–Trinajstić information content (AvgIpc) is 2.90. The second kappa shape index (κ2) is 5.15. The van der Waals surface area contributed by atoms with Crippen molar-refractivity contribution in [3.63, 3.8) is 0 Å². The van der Waals surface area contributed by atoms with Gasteiger partial charge in [-0.15, -0.1) is 0 Å². The van der Waals surface area contributed by atoms with E-state index in [0.29, 0.717) is 5.56 Å². The zero-order chi connectivity index (χ0) is 15.0. The van der Waals surface area contributed by atoms with Gasteiger partial charge in [0.2, 0.25) is 0 Å². The molecular formula is C16H16FNO2S. The smallest absolute Gasteiger partial charge is 0.261 e. The van der Waals surface area contributed by atoms with Crippen LogP contribution in [-0.2, 0) is 22.9 Å². The van der Waals surface area contributed by atoms with Gasteiger partial charge in [0.1, 0.15) is 5.82 Å². The van der Waals surface area contributed by atoms with Gasteiger partial charge in [-0.1, -0.05) is 12.1 Å². The van der Waals surface area contributed by atoms with Crippen LogP contribution in [0.25, 0.3) is 0 Å². The second-order valence-corrected chi connectivity index (χ2v) is 7.04. The van der Waals surface area contributed by atoms with E-state index in [1.165, 1.54) is 11.6 Å². The number of sulfonamides is 1. The summed E-state index contributed by atoms with van der Waals surface area (Å²) >= 11 is 0. The molecule has 1 aliphatic carbocycles. The number of halogens is 1. The van der Waals surface area contributed by atoms with Crippen LogP contribution in [0.4, 0.5) is 10.1 Å². The van der Waals surface area contributed by atoms with E-state index in [0.717, 1.165) is 24.8 Å². The van der Waals surface area contributed by atoms with Gasteiger partial charge in [-0.05, 0) is 67.1 Å². The molecular weight excluding hydrogens is 289 g/mol. The Morgan fingerprint density at radius 3 is 2.57 bits per heavy atom. The summed E-state index contributed by atoms with van der Waals surface area (Å²) in [5.74, 6) is -0.427. The molecule has 2 aromatic carbocycles. The summed E-state index contributed by atoms with van der Waals surface area (Å²) in [7, 11) is -3.68. The van der Waals surface area contributed by atoms with E-state index in [9.17, 15) is 12.8 Å². The van der Waals surface area contributed by atoms with Crippen molar-refractivity contribution in [3.8, 4) is 0 Å². The minimum absolute atomic E-state index is 0.226. The lowest BCUT2D eigenvalue weighted by Gasteiger charge is -2.10. The summed E-state index contributed by atoms with van der Waals surface area (Å²) in [5, 5.41) is 0. The number of fused-ring (bicyclic) bond motifs is 1. The maximum Gasteiger partial charge on any atom is 0.261 e. The third kappa shape index (κ3) is 2.78. The van der Waals surface area contributed by atoms with Crippen LogP contribution >= 0.6 is 0 Å². The van der Waals surface area contributed by atoms with Crippen molar-refractivity contribution in [2.45, 2.75) is 31.1 Å². The van der Waals surface area contributed by atoms with Crippen molar-refractivity contribution in [3.05, 3.63) is 58.9 Å². The maximum absolute atomic E-state index is 13.5. The van der Waals surface area contributed by atoms with Crippen LogP contribution in [0.3, 0.4) is 0 Å². The molecule has 5 heteroatoms. The van der Waals surface area contributed by atoms with E-state index in [2.05, 4.69) is 4.72 Å². The first-order valence-electron chi connectivity index (χ1n) is 6.86. The quantitative estimate of drug-likeness (QED) is 0.944. The van der Waals surface area contributed by atoms with Gasteiger partial charge >= 0.3 is 0 Å². The lowest BCUT2D eigenvalue weighted by Crippen LogP contribution is -2.13. The van der Waals surface area contributed by atoms with Crippen LogP contribution < -0.4 is 4.72 Å². The molecule has 1 N–H and O–H groups in total. The van der Waals surface area contributed by atoms with Crippen molar-refractivity contribution in [1.29, 1.82) is 0 Å². The second-order valence-electron chi connectivity index (χ2n) is 5.35. The fourth-order valence-electron chi connectivity index (χ4n) is 2.59. The average molecular weight is 305 g/mol. The van der Waals surface area contributed by atoms with Gasteiger partial charge in [-0.3, -0.25) is 4.72 Å². The van der Waals surface area contributed by atoms with Crippen LogP contribution in [0.1, 0.15) is 23.1 Å². The first-order valence-corrected chi connectivity index (χ1v) is 8.35. The highest BCUT2D eigenvalue weighted by Crippen LogP contribution is 2.26. The highest BCUT2D eigenvalue weighted by molar-refractivity contribution is 7.92. The van der Waals surface area contributed by atoms with Crippen molar-refractivity contribution in [1.82, 2.24) is 0 Å². The molecule has 0 radical (unpaired) electrons. The topological polar surface area (TPSA) is 46.2 Å². The molecule has 2 aromatic rings. The van der Waals surface area contributed by atoms with E-state index in [4.69, 9.17) is 0 Å². The Morgan fingerprint density at radius 2 is 1.81 bits per heavy atom. The molecule has 0 saturated heterocycles. The molecule has 0 spiro atoms. The first-order chi connectivity index (χ1) is 9.95. The molecule has 0 atom stereocenters. The molecule has 3 rings (SSSR count). The molecule has 0 heterocycles. The largest absolute Gasteiger partial charge is 0.280 e. The minimum atomic E-state index is -3.68. The molecule has 0 unspecified atom stereocenters. The summed E-state index contributed by atoms with van der Waals surface area (Å²) < 4.78 is 40.7. The normalized spacial score (nSPS) is 14.0. The monoisotopic (exact) mass is 305 g/mol. The number of hydrogen-bond donors (Lipinski definition) is 1. The number of hydrogen-bond acceptors (Lipinski definition) is 2. The van der Waals surface area contributed by atoms with Crippen LogP contribution in [0, 0.1) is 12.7 Å². The lowest BCUT2D eigenvalue weighted by molar-refractivity contribution is 0.601. The Morgan fingerprint density at radius 1 is 1.05 bits per heavy atom. The third-order valence-corrected chi connectivity index (χ3v) is 5.18. The molecule has 0 bridgehead atoms. The van der Waals surface area contributed by atoms with Gasteiger partial charge < -0.3 is 0 Å². The van der Waals surface area contributed by atoms with E-state index >= 15 is 0 Å². The fourth-order valence-corrected chi connectivity index (χ4v) is 3.69. The molecule has 110 valence electrons. The lowest BCUT2D eigenvalue weighted by atomic mass is 10.1. The third-order valence-electron chi connectivity index (χ3n) is 3.80. The summed E-state index contributed by atoms with van der Waals surface area (Å²) in [6.07, 6.45) is 2.99. The van der Waals surface area contributed by atoms with Gasteiger partial charge in [0.25, 0.3) is 10.0 Å². The van der Waals surface area contributed by atoms with E-state index in [1.54, 1.807) is 31.2 Å². The number of rotatable bonds is 3. The molecule has 1 aliphatic rings. The Hall–Kier alpha value is -1.88. The maximum atomic E-state index is 13.5. The highest BCUT2D eigenvalue weighted by Gasteiger charge is 2.18. The Balaban J connectivity index is 1.91. The van der Waals surface area contributed by atoms with Crippen LogP contribution in [0.5, 0.6) is 0 Å². The fraction of sp³-hybridized carbons (Fsp3) is 0.250. The van der Waals surface area contributed by atoms with E-state index < -0.39 is 15.8 Å². The van der Waals surface area contributed by atoms with Crippen LogP contribution in [-0.4, -0.2) is 8.42 Å². The minimum Gasteiger partial charge on any atom is -0.280 e. The molecule has 21 heavy (non-hydrogen) atoms. The predicted molar refractivity (Wildman–Crippen MR) is 80.4 cm³/mol. The van der Waals surface area contributed by atoms with Crippen LogP contribution in [0.2, 0.25) is 0 Å². The zero-order valence-corrected chi connectivity index (χ0v) is 12.5. The predicted octanol–water partition coefficient (Wildman–Crippen LogP) is 3.42. The molecule has 0 aliphatic heterocycles. The summed E-state index contributed by atoms with van der Waals surface area (Å²) in [5.41, 5.74) is 3.03. The summed E-state index contributed by atoms with van der Waals surface area (Å²) in [6, 6.07) is 9.50. The van der Waals surface area contributed by atoms with Crippen molar-refractivity contribution in [2.24, 2.45) is 0 Å². The number of benzene rings is 2. The van der Waals surface area contributed by atoms with Crippen molar-refractivity contribution in [2.75, 3.05) is 4.72 Å². The van der Waals surface area contributed by atoms with Crippen molar-refractivity contribution >= 4 is 15.7 Å². The Labute approximate surface area is 123 Å². The number of nitrogens with one attached hydrogen (secondary N) is 1. The standard InChI is InChI=1S/C16H16FNO2S/c1-11-5-7-14(10-16(11)17)18-21(19,20)15-8-6-12-3-2-4-13(12)9-15/h5-10,18H,2-4H2,1H3. The molecule has 0 aromatic heterocycles. The molecule has 0 saturated carbocycles. The van der Waals surface area contributed by atoms with Crippen molar-refractivity contribution < 1.29 is 12.8 Å². The zero-order valence-electron chi connectivity index (χ0n) is 11.7. The molecule has 0 fully saturated rings. The van der Waals surface area contributed by atoms with E-state index in [-0.39, 0.29) is 10.6 Å². The van der Waals surface area contributed by atoms with Gasteiger partial charge in [0, 0.05) is 0 Å². The van der Waals surface area contributed by atoms with Gasteiger partial charge in [0.05, 0.1) is 10.6 Å².